The monoisotopic (exact) mass is 167 g/mol. The van der Waals surface area contributed by atoms with Crippen LogP contribution in [0.5, 0.6) is 5.75 Å². The first-order valence-electron chi connectivity index (χ1n) is 3.42. The van der Waals surface area contributed by atoms with Gasteiger partial charge in [-0.25, -0.2) is 0 Å². The fourth-order valence-corrected chi connectivity index (χ4v) is 0.837. The molecular weight excluding hydrogens is 158 g/mol. The van der Waals surface area contributed by atoms with Crippen LogP contribution in [0.2, 0.25) is 0 Å². The minimum Gasteiger partial charge on any atom is -0.497 e. The Balaban J connectivity index is 2.84. The SMILES string of the molecule is COc1ccc(C(O)N=O)cc1. The molecule has 64 valence electrons. The van der Waals surface area contributed by atoms with Crippen molar-refractivity contribution < 1.29 is 9.84 Å². The number of ether oxygens (including phenoxy) is 1. The van der Waals surface area contributed by atoms with E-state index in [1.54, 1.807) is 31.4 Å². The summed E-state index contributed by atoms with van der Waals surface area (Å²) in [7, 11) is 1.55. The summed E-state index contributed by atoms with van der Waals surface area (Å²) in [4.78, 5) is 9.93. The van der Waals surface area contributed by atoms with Crippen molar-refractivity contribution in [3.05, 3.63) is 34.7 Å². The number of rotatable bonds is 3. The van der Waals surface area contributed by atoms with Crippen LogP contribution in [0.15, 0.2) is 29.4 Å². The van der Waals surface area contributed by atoms with Crippen LogP contribution in [0, 0.1) is 4.91 Å². The van der Waals surface area contributed by atoms with Gasteiger partial charge >= 0.3 is 0 Å². The maximum atomic E-state index is 9.93. The molecule has 12 heavy (non-hydrogen) atoms. The van der Waals surface area contributed by atoms with E-state index in [-0.39, 0.29) is 0 Å². The van der Waals surface area contributed by atoms with Crippen molar-refractivity contribution in [2.45, 2.75) is 6.23 Å². The molecule has 4 heteroatoms. The van der Waals surface area contributed by atoms with Crippen LogP contribution in [0.25, 0.3) is 0 Å². The zero-order chi connectivity index (χ0) is 8.97. The minimum absolute atomic E-state index is 0.464. The number of hydrogen-bond acceptors (Lipinski definition) is 4. The predicted octanol–water partition coefficient (Wildman–Crippen LogP) is 1.45. The Hall–Kier alpha value is -1.42. The van der Waals surface area contributed by atoms with Gasteiger partial charge in [-0.1, -0.05) is 12.1 Å². The molecule has 0 aliphatic rings. The summed E-state index contributed by atoms with van der Waals surface area (Å²) in [6.07, 6.45) is -1.28. The highest BCUT2D eigenvalue weighted by Crippen LogP contribution is 2.17. The Morgan fingerprint density at radius 1 is 1.42 bits per heavy atom. The third-order valence-corrected chi connectivity index (χ3v) is 1.51. The molecule has 0 spiro atoms. The smallest absolute Gasteiger partial charge is 0.213 e. The van der Waals surface area contributed by atoms with E-state index in [4.69, 9.17) is 9.84 Å². The van der Waals surface area contributed by atoms with E-state index in [0.29, 0.717) is 11.3 Å². The molecular formula is C8H9NO3. The van der Waals surface area contributed by atoms with Crippen LogP contribution in [-0.4, -0.2) is 12.2 Å². The maximum Gasteiger partial charge on any atom is 0.213 e. The van der Waals surface area contributed by atoms with Crippen LogP contribution >= 0.6 is 0 Å². The summed E-state index contributed by atoms with van der Waals surface area (Å²) in [5.41, 5.74) is 0.464. The van der Waals surface area contributed by atoms with Crippen LogP contribution in [0.1, 0.15) is 11.8 Å². The van der Waals surface area contributed by atoms with Crippen molar-refractivity contribution in [3.63, 3.8) is 0 Å². The molecule has 0 amide bonds. The molecule has 1 N–H and O–H groups in total. The summed E-state index contributed by atoms with van der Waals surface area (Å²) < 4.78 is 4.89. The lowest BCUT2D eigenvalue weighted by Gasteiger charge is -2.02. The van der Waals surface area contributed by atoms with Gasteiger partial charge < -0.3 is 9.84 Å². The molecule has 1 unspecified atom stereocenters. The summed E-state index contributed by atoms with van der Waals surface area (Å²) in [6.45, 7) is 0. The molecule has 0 aliphatic carbocycles. The maximum absolute atomic E-state index is 9.93. The Kier molecular flexibility index (Phi) is 2.76. The molecule has 1 aromatic rings. The van der Waals surface area contributed by atoms with Gasteiger partial charge in [0.15, 0.2) is 0 Å². The van der Waals surface area contributed by atoms with Crippen molar-refractivity contribution in [2.75, 3.05) is 7.11 Å². The van der Waals surface area contributed by atoms with Crippen molar-refractivity contribution in [2.24, 2.45) is 5.18 Å². The number of aliphatic hydroxyl groups excluding tert-OH is 1. The lowest BCUT2D eigenvalue weighted by atomic mass is 10.2. The average molecular weight is 167 g/mol. The van der Waals surface area contributed by atoms with Crippen LogP contribution in [0.4, 0.5) is 0 Å². The van der Waals surface area contributed by atoms with Gasteiger partial charge in [0.25, 0.3) is 0 Å². The number of hydrogen-bond donors (Lipinski definition) is 1. The van der Waals surface area contributed by atoms with E-state index in [1.807, 2.05) is 0 Å². The molecule has 1 atom stereocenters. The van der Waals surface area contributed by atoms with E-state index in [2.05, 4.69) is 5.18 Å². The standard InChI is InChI=1S/C8H9NO3/c1-12-7-4-2-6(3-5-7)8(10)9-11/h2-5,8,10H,1H3. The highest BCUT2D eigenvalue weighted by atomic mass is 16.5. The zero-order valence-corrected chi connectivity index (χ0v) is 6.60. The Morgan fingerprint density at radius 3 is 2.42 bits per heavy atom. The molecule has 0 fully saturated rings. The van der Waals surface area contributed by atoms with Gasteiger partial charge in [-0.2, -0.15) is 0 Å². The van der Waals surface area contributed by atoms with Gasteiger partial charge in [0.1, 0.15) is 5.75 Å². The van der Waals surface area contributed by atoms with Gasteiger partial charge in [-0.05, 0) is 17.3 Å². The topological polar surface area (TPSA) is 58.9 Å². The van der Waals surface area contributed by atoms with E-state index >= 15 is 0 Å². The molecule has 0 bridgehead atoms. The van der Waals surface area contributed by atoms with E-state index in [0.717, 1.165) is 0 Å². The van der Waals surface area contributed by atoms with Crippen molar-refractivity contribution in [1.29, 1.82) is 0 Å². The molecule has 0 aliphatic heterocycles. The van der Waals surface area contributed by atoms with Gasteiger partial charge in [0.05, 0.1) is 7.11 Å². The van der Waals surface area contributed by atoms with Crippen LogP contribution < -0.4 is 4.74 Å². The molecule has 0 heterocycles. The molecule has 0 radical (unpaired) electrons. The zero-order valence-electron chi connectivity index (χ0n) is 6.60. The van der Waals surface area contributed by atoms with E-state index in [9.17, 15) is 4.91 Å². The fourth-order valence-electron chi connectivity index (χ4n) is 0.837. The minimum atomic E-state index is -1.28. The fraction of sp³-hybridized carbons (Fsp3) is 0.250. The summed E-state index contributed by atoms with van der Waals surface area (Å²) in [5, 5.41) is 11.5. The molecule has 1 rings (SSSR count). The second-order valence-corrected chi connectivity index (χ2v) is 2.25. The largest absolute Gasteiger partial charge is 0.497 e. The third kappa shape index (κ3) is 1.79. The summed E-state index contributed by atoms with van der Waals surface area (Å²) >= 11 is 0. The first kappa shape index (κ1) is 8.67. The second-order valence-electron chi connectivity index (χ2n) is 2.25. The number of benzene rings is 1. The van der Waals surface area contributed by atoms with Gasteiger partial charge in [0.2, 0.25) is 6.23 Å². The van der Waals surface area contributed by atoms with Crippen LogP contribution in [0.3, 0.4) is 0 Å². The molecule has 1 aromatic carbocycles. The molecule has 4 nitrogen and oxygen atoms in total. The highest BCUT2D eigenvalue weighted by Gasteiger charge is 2.05. The van der Waals surface area contributed by atoms with Gasteiger partial charge in [-0.15, -0.1) is 4.91 Å². The lowest BCUT2D eigenvalue weighted by molar-refractivity contribution is 0.186. The normalized spacial score (nSPS) is 12.2. The third-order valence-electron chi connectivity index (χ3n) is 1.51. The Morgan fingerprint density at radius 2 is 2.00 bits per heavy atom. The van der Waals surface area contributed by atoms with Crippen molar-refractivity contribution >= 4 is 0 Å². The molecule has 0 saturated heterocycles. The Labute approximate surface area is 69.8 Å². The molecule has 0 saturated carbocycles. The van der Waals surface area contributed by atoms with E-state index in [1.165, 1.54) is 0 Å². The number of aliphatic hydroxyl groups is 1. The predicted molar refractivity (Wildman–Crippen MR) is 43.7 cm³/mol. The summed E-state index contributed by atoms with van der Waals surface area (Å²) in [5.74, 6) is 0.678. The number of nitroso groups, excluding NO2 is 1. The number of methoxy groups -OCH3 is 1. The average Bonchev–Trinajstić information content (AvgIpc) is 2.17. The summed E-state index contributed by atoms with van der Waals surface area (Å²) in [6, 6.07) is 6.49. The first-order chi connectivity index (χ1) is 5.77. The van der Waals surface area contributed by atoms with Gasteiger partial charge in [-0.3, -0.25) is 0 Å². The first-order valence-corrected chi connectivity index (χ1v) is 3.42. The quantitative estimate of drug-likeness (QED) is 0.693. The van der Waals surface area contributed by atoms with Crippen molar-refractivity contribution in [3.8, 4) is 5.75 Å². The van der Waals surface area contributed by atoms with Gasteiger partial charge in [0, 0.05) is 5.56 Å². The lowest BCUT2D eigenvalue weighted by Crippen LogP contribution is -1.91. The van der Waals surface area contributed by atoms with Crippen molar-refractivity contribution in [1.82, 2.24) is 0 Å². The Bertz CT molecular complexity index is 258. The second kappa shape index (κ2) is 3.82. The highest BCUT2D eigenvalue weighted by molar-refractivity contribution is 5.28. The van der Waals surface area contributed by atoms with Crippen LogP contribution in [-0.2, 0) is 0 Å². The van der Waals surface area contributed by atoms with E-state index < -0.39 is 6.23 Å². The molecule has 0 aromatic heterocycles. The number of nitrogens with zero attached hydrogens (tertiary/aromatic N) is 1.